The number of hydrogen-bond acceptors (Lipinski definition) is 7. The fourth-order valence-electron chi connectivity index (χ4n) is 3.21. The molecule has 0 bridgehead atoms. The highest BCUT2D eigenvalue weighted by Gasteiger charge is 2.17. The van der Waals surface area contributed by atoms with Crippen LogP contribution in [0.4, 0.5) is 5.69 Å². The predicted molar refractivity (Wildman–Crippen MR) is 118 cm³/mol. The van der Waals surface area contributed by atoms with E-state index in [1.54, 1.807) is 54.6 Å². The molecule has 0 aliphatic carbocycles. The van der Waals surface area contributed by atoms with Crippen molar-refractivity contribution in [3.8, 4) is 23.0 Å². The summed E-state index contributed by atoms with van der Waals surface area (Å²) in [5.41, 5.74) is 1.89. The Morgan fingerprint density at radius 2 is 1.78 bits per heavy atom. The molecule has 8 nitrogen and oxygen atoms in total. The van der Waals surface area contributed by atoms with E-state index in [1.165, 1.54) is 20.5 Å². The van der Waals surface area contributed by atoms with Crippen LogP contribution in [0.2, 0.25) is 0 Å². The van der Waals surface area contributed by atoms with E-state index in [0.29, 0.717) is 45.1 Å². The number of hydrogen-bond donors (Lipinski definition) is 1. The minimum atomic E-state index is -0.640. The summed E-state index contributed by atoms with van der Waals surface area (Å²) in [6, 6.07) is 17.2. The van der Waals surface area contributed by atoms with Crippen LogP contribution in [0.5, 0.6) is 11.5 Å². The SMILES string of the molecule is COc1ccc(NC(=O)COC(=O)c2cc(-c3ccco3)nc3ccccc23)cc1OC. The van der Waals surface area contributed by atoms with Crippen molar-refractivity contribution in [2.75, 3.05) is 26.1 Å². The van der Waals surface area contributed by atoms with Gasteiger partial charge in [-0.3, -0.25) is 4.79 Å². The molecule has 0 radical (unpaired) electrons. The van der Waals surface area contributed by atoms with Gasteiger partial charge in [0.25, 0.3) is 5.91 Å². The summed E-state index contributed by atoms with van der Waals surface area (Å²) >= 11 is 0. The molecule has 0 aliphatic rings. The number of furan rings is 1. The smallest absolute Gasteiger partial charge is 0.339 e. The topological polar surface area (TPSA) is 99.9 Å². The number of rotatable bonds is 7. The molecule has 0 unspecified atom stereocenters. The van der Waals surface area contributed by atoms with E-state index >= 15 is 0 Å². The van der Waals surface area contributed by atoms with Crippen molar-refractivity contribution in [3.05, 3.63) is 72.5 Å². The van der Waals surface area contributed by atoms with Crippen molar-refractivity contribution < 1.29 is 28.2 Å². The Kier molecular flexibility index (Phi) is 6.03. The van der Waals surface area contributed by atoms with Crippen LogP contribution < -0.4 is 14.8 Å². The first-order chi connectivity index (χ1) is 15.6. The number of nitrogens with zero attached hydrogens (tertiary/aromatic N) is 1. The van der Waals surface area contributed by atoms with Gasteiger partial charge >= 0.3 is 5.97 Å². The molecule has 0 atom stereocenters. The van der Waals surface area contributed by atoms with E-state index in [2.05, 4.69) is 10.3 Å². The lowest BCUT2D eigenvalue weighted by Crippen LogP contribution is -2.21. The van der Waals surface area contributed by atoms with Crippen LogP contribution >= 0.6 is 0 Å². The number of carbonyl (C=O) groups excluding carboxylic acids is 2. The third-order valence-electron chi connectivity index (χ3n) is 4.71. The Balaban J connectivity index is 1.50. The fraction of sp³-hybridized carbons (Fsp3) is 0.125. The second kappa shape index (κ2) is 9.22. The Morgan fingerprint density at radius 1 is 0.969 bits per heavy atom. The van der Waals surface area contributed by atoms with Crippen LogP contribution in [0, 0.1) is 0 Å². The van der Waals surface area contributed by atoms with Crippen molar-refractivity contribution in [2.24, 2.45) is 0 Å². The van der Waals surface area contributed by atoms with Crippen LogP contribution in [0.15, 0.2) is 71.3 Å². The zero-order chi connectivity index (χ0) is 22.5. The van der Waals surface area contributed by atoms with Crippen LogP contribution in [0.1, 0.15) is 10.4 Å². The van der Waals surface area contributed by atoms with Gasteiger partial charge in [-0.05, 0) is 36.4 Å². The van der Waals surface area contributed by atoms with Gasteiger partial charge in [0.1, 0.15) is 5.69 Å². The summed E-state index contributed by atoms with van der Waals surface area (Å²) in [4.78, 5) is 29.7. The van der Waals surface area contributed by atoms with Crippen LogP contribution in [0.3, 0.4) is 0 Å². The monoisotopic (exact) mass is 432 g/mol. The van der Waals surface area contributed by atoms with Crippen molar-refractivity contribution in [3.63, 3.8) is 0 Å². The molecule has 2 heterocycles. The van der Waals surface area contributed by atoms with Crippen LogP contribution in [-0.2, 0) is 9.53 Å². The minimum absolute atomic E-state index is 0.293. The number of aromatic nitrogens is 1. The summed E-state index contributed by atoms with van der Waals surface area (Å²) in [6.45, 7) is -0.458. The van der Waals surface area contributed by atoms with E-state index in [9.17, 15) is 9.59 Å². The lowest BCUT2D eigenvalue weighted by Gasteiger charge is -2.11. The number of para-hydroxylation sites is 1. The maximum absolute atomic E-state index is 12.8. The zero-order valence-electron chi connectivity index (χ0n) is 17.5. The first-order valence-electron chi connectivity index (χ1n) is 9.71. The van der Waals surface area contributed by atoms with Gasteiger partial charge in [-0.15, -0.1) is 0 Å². The van der Waals surface area contributed by atoms with E-state index in [0.717, 1.165) is 0 Å². The molecule has 8 heteroatoms. The van der Waals surface area contributed by atoms with Crippen molar-refractivity contribution >= 4 is 28.5 Å². The van der Waals surface area contributed by atoms with Crippen molar-refractivity contribution in [2.45, 2.75) is 0 Å². The second-order valence-electron chi connectivity index (χ2n) is 6.74. The van der Waals surface area contributed by atoms with Gasteiger partial charge in [-0.25, -0.2) is 9.78 Å². The number of anilines is 1. The summed E-state index contributed by atoms with van der Waals surface area (Å²) in [7, 11) is 3.02. The quantitative estimate of drug-likeness (QED) is 0.435. The molecular weight excluding hydrogens is 412 g/mol. The van der Waals surface area contributed by atoms with Gasteiger partial charge in [0.05, 0.1) is 31.6 Å². The van der Waals surface area contributed by atoms with Crippen LogP contribution in [-0.4, -0.2) is 37.7 Å². The number of nitrogens with one attached hydrogen (secondary N) is 1. The number of esters is 1. The number of ether oxygens (including phenoxy) is 3. The molecule has 1 N–H and O–H groups in total. The Morgan fingerprint density at radius 3 is 2.53 bits per heavy atom. The molecular formula is C24H20N2O6. The molecule has 0 spiro atoms. The molecule has 0 saturated carbocycles. The molecule has 2 aromatic carbocycles. The third kappa shape index (κ3) is 4.39. The second-order valence-corrected chi connectivity index (χ2v) is 6.74. The average Bonchev–Trinajstić information content (AvgIpc) is 3.37. The maximum atomic E-state index is 12.8. The molecule has 0 fully saturated rings. The normalized spacial score (nSPS) is 10.6. The summed E-state index contributed by atoms with van der Waals surface area (Å²) in [5.74, 6) is 0.398. The largest absolute Gasteiger partial charge is 0.493 e. The van der Waals surface area contributed by atoms with E-state index in [-0.39, 0.29) is 0 Å². The highest BCUT2D eigenvalue weighted by Crippen LogP contribution is 2.30. The summed E-state index contributed by atoms with van der Waals surface area (Å²) < 4.78 is 21.1. The lowest BCUT2D eigenvalue weighted by molar-refractivity contribution is -0.119. The number of carbonyl (C=O) groups is 2. The highest BCUT2D eigenvalue weighted by atomic mass is 16.5. The first-order valence-corrected chi connectivity index (χ1v) is 9.71. The third-order valence-corrected chi connectivity index (χ3v) is 4.71. The standard InChI is InChI=1S/C24H20N2O6/c1-29-21-10-9-15(12-22(21)30-2)25-23(27)14-32-24(28)17-13-19(20-8-5-11-31-20)26-18-7-4-3-6-16(17)18/h3-13H,14H2,1-2H3,(H,25,27). The molecule has 32 heavy (non-hydrogen) atoms. The maximum Gasteiger partial charge on any atom is 0.339 e. The van der Waals surface area contributed by atoms with E-state index in [4.69, 9.17) is 18.6 Å². The first kappa shape index (κ1) is 20.9. The number of benzene rings is 2. The number of amides is 1. The fourth-order valence-corrected chi connectivity index (χ4v) is 3.21. The van der Waals surface area contributed by atoms with Gasteiger partial charge in [0, 0.05) is 17.1 Å². The summed E-state index contributed by atoms with van der Waals surface area (Å²) in [6.07, 6.45) is 1.53. The van der Waals surface area contributed by atoms with E-state index < -0.39 is 18.5 Å². The van der Waals surface area contributed by atoms with Gasteiger partial charge in [0.2, 0.25) is 0 Å². The Bertz CT molecular complexity index is 1270. The Labute approximate surface area is 183 Å². The van der Waals surface area contributed by atoms with E-state index in [1.807, 2.05) is 6.07 Å². The van der Waals surface area contributed by atoms with Gasteiger partial charge in [-0.2, -0.15) is 0 Å². The number of pyridine rings is 1. The average molecular weight is 432 g/mol. The zero-order valence-corrected chi connectivity index (χ0v) is 17.5. The van der Waals surface area contributed by atoms with Gasteiger partial charge < -0.3 is 23.9 Å². The highest BCUT2D eigenvalue weighted by molar-refractivity contribution is 6.05. The van der Waals surface area contributed by atoms with Crippen molar-refractivity contribution in [1.29, 1.82) is 0 Å². The number of fused-ring (bicyclic) bond motifs is 1. The summed E-state index contributed by atoms with van der Waals surface area (Å²) in [5, 5.41) is 3.29. The molecule has 162 valence electrons. The predicted octanol–water partition coefficient (Wildman–Crippen LogP) is 4.31. The minimum Gasteiger partial charge on any atom is -0.493 e. The van der Waals surface area contributed by atoms with Crippen molar-refractivity contribution in [1.82, 2.24) is 4.98 Å². The molecule has 4 rings (SSSR count). The Hall–Kier alpha value is -4.33. The van der Waals surface area contributed by atoms with Gasteiger partial charge in [0.15, 0.2) is 23.9 Å². The molecule has 4 aromatic rings. The van der Waals surface area contributed by atoms with Crippen LogP contribution in [0.25, 0.3) is 22.4 Å². The molecule has 2 aromatic heterocycles. The lowest BCUT2D eigenvalue weighted by atomic mass is 10.1. The van der Waals surface area contributed by atoms with Gasteiger partial charge in [-0.1, -0.05) is 18.2 Å². The molecule has 1 amide bonds. The molecule has 0 saturated heterocycles. The molecule has 0 aliphatic heterocycles. The number of methoxy groups -OCH3 is 2.